The van der Waals surface area contributed by atoms with Gasteiger partial charge in [-0.1, -0.05) is 6.07 Å². The Balaban J connectivity index is 1.34. The average Bonchev–Trinajstić information content (AvgIpc) is 3.26. The molecule has 2 fully saturated rings. The normalized spacial score (nSPS) is 21.6. The minimum atomic E-state index is -0.377. The van der Waals surface area contributed by atoms with Crippen molar-refractivity contribution in [1.29, 1.82) is 0 Å². The van der Waals surface area contributed by atoms with Crippen LogP contribution in [0.1, 0.15) is 22.5 Å². The van der Waals surface area contributed by atoms with Crippen LogP contribution in [0.4, 0.5) is 0 Å². The van der Waals surface area contributed by atoms with E-state index in [1.54, 1.807) is 0 Å². The highest BCUT2D eigenvalue weighted by atomic mass is 32.1. The molecule has 2 saturated heterocycles. The Morgan fingerprint density at radius 2 is 2.08 bits per heavy atom. The van der Waals surface area contributed by atoms with Gasteiger partial charge in [-0.05, 0) is 17.9 Å². The molecule has 3 rings (SSSR count). The van der Waals surface area contributed by atoms with E-state index in [0.717, 1.165) is 24.5 Å². The van der Waals surface area contributed by atoms with E-state index < -0.39 is 0 Å². The van der Waals surface area contributed by atoms with Gasteiger partial charge in [-0.2, -0.15) is 0 Å². The van der Waals surface area contributed by atoms with Crippen molar-refractivity contribution in [3.63, 3.8) is 0 Å². The Morgan fingerprint density at radius 1 is 1.29 bits per heavy atom. The third-order valence-electron chi connectivity index (χ3n) is 4.43. The molecule has 1 atom stereocenters. The lowest BCUT2D eigenvalue weighted by molar-refractivity contribution is -0.125. The van der Waals surface area contributed by atoms with Crippen molar-refractivity contribution in [2.45, 2.75) is 18.9 Å². The second-order valence-corrected chi connectivity index (χ2v) is 7.01. The Morgan fingerprint density at radius 3 is 2.71 bits per heavy atom. The fourth-order valence-corrected chi connectivity index (χ4v) is 3.69. The van der Waals surface area contributed by atoms with Gasteiger partial charge in [-0.25, -0.2) is 0 Å². The van der Waals surface area contributed by atoms with Crippen molar-refractivity contribution in [2.24, 2.45) is 0 Å². The van der Waals surface area contributed by atoms with Crippen molar-refractivity contribution < 1.29 is 14.4 Å². The van der Waals surface area contributed by atoms with Gasteiger partial charge in [0.1, 0.15) is 6.04 Å². The fourth-order valence-electron chi connectivity index (χ4n) is 3.00. The lowest BCUT2D eigenvalue weighted by Crippen LogP contribution is -2.51. The molecule has 7 nitrogen and oxygen atoms in total. The van der Waals surface area contributed by atoms with Gasteiger partial charge in [0, 0.05) is 45.7 Å². The Labute approximate surface area is 145 Å². The highest BCUT2D eigenvalue weighted by molar-refractivity contribution is 7.12. The summed E-state index contributed by atoms with van der Waals surface area (Å²) in [4.78, 5) is 40.2. The second kappa shape index (κ2) is 7.76. The summed E-state index contributed by atoms with van der Waals surface area (Å²) in [6.07, 6.45) is 1.01. The van der Waals surface area contributed by atoms with E-state index in [1.807, 2.05) is 22.4 Å². The van der Waals surface area contributed by atoms with E-state index in [2.05, 4.69) is 15.5 Å². The number of hydrogen-bond acceptors (Lipinski definition) is 5. The average molecular weight is 350 g/mol. The Bertz CT molecular complexity index is 596. The molecule has 24 heavy (non-hydrogen) atoms. The van der Waals surface area contributed by atoms with Crippen molar-refractivity contribution in [2.75, 3.05) is 39.3 Å². The molecule has 1 aromatic heterocycles. The quantitative estimate of drug-likeness (QED) is 0.777. The van der Waals surface area contributed by atoms with Gasteiger partial charge in [0.25, 0.3) is 5.91 Å². The molecule has 0 radical (unpaired) electrons. The SMILES string of the molecule is O=C1CCC(C(=O)NCCN2CCN(C(=O)c3cccs3)CC2)N1. The molecule has 0 spiro atoms. The zero-order chi connectivity index (χ0) is 16.9. The van der Waals surface area contributed by atoms with Crippen molar-refractivity contribution in [1.82, 2.24) is 20.4 Å². The van der Waals surface area contributed by atoms with Gasteiger partial charge in [-0.15, -0.1) is 11.3 Å². The van der Waals surface area contributed by atoms with E-state index in [-0.39, 0.29) is 23.8 Å². The summed E-state index contributed by atoms with van der Waals surface area (Å²) in [5, 5.41) is 7.46. The number of nitrogens with one attached hydrogen (secondary N) is 2. The summed E-state index contributed by atoms with van der Waals surface area (Å²) in [6.45, 7) is 4.37. The number of carbonyl (C=O) groups is 3. The minimum absolute atomic E-state index is 0.0540. The molecule has 3 amide bonds. The predicted molar refractivity (Wildman–Crippen MR) is 90.8 cm³/mol. The molecule has 2 aliphatic rings. The first-order chi connectivity index (χ1) is 11.6. The summed E-state index contributed by atoms with van der Waals surface area (Å²) in [5.41, 5.74) is 0. The van der Waals surface area contributed by atoms with E-state index in [9.17, 15) is 14.4 Å². The lowest BCUT2D eigenvalue weighted by atomic mass is 10.2. The molecule has 2 N–H and O–H groups in total. The third-order valence-corrected chi connectivity index (χ3v) is 5.29. The first-order valence-corrected chi connectivity index (χ1v) is 9.13. The zero-order valence-corrected chi connectivity index (χ0v) is 14.3. The summed E-state index contributed by atoms with van der Waals surface area (Å²) >= 11 is 1.47. The van der Waals surface area contributed by atoms with Gasteiger partial charge >= 0.3 is 0 Å². The van der Waals surface area contributed by atoms with Crippen LogP contribution in [0.25, 0.3) is 0 Å². The topological polar surface area (TPSA) is 81.8 Å². The summed E-state index contributed by atoms with van der Waals surface area (Å²) in [5.74, 6) is -0.0519. The van der Waals surface area contributed by atoms with Gasteiger partial charge in [0.05, 0.1) is 4.88 Å². The largest absolute Gasteiger partial charge is 0.353 e. The highest BCUT2D eigenvalue weighted by Gasteiger charge is 2.27. The second-order valence-electron chi connectivity index (χ2n) is 6.06. The molecule has 3 heterocycles. The van der Waals surface area contributed by atoms with Crippen LogP contribution in [0, 0.1) is 0 Å². The number of nitrogens with zero attached hydrogens (tertiary/aromatic N) is 2. The standard InChI is InChI=1S/C16H22N4O3S/c21-14-4-3-12(18-14)15(22)17-5-6-19-7-9-20(10-8-19)16(23)13-2-1-11-24-13/h1-2,11-12H,3-10H2,(H,17,22)(H,18,21). The molecule has 8 heteroatoms. The molecule has 1 aromatic rings. The van der Waals surface area contributed by atoms with Gasteiger partial charge < -0.3 is 15.5 Å². The minimum Gasteiger partial charge on any atom is -0.353 e. The molecule has 130 valence electrons. The van der Waals surface area contributed by atoms with E-state index >= 15 is 0 Å². The lowest BCUT2D eigenvalue weighted by Gasteiger charge is -2.34. The van der Waals surface area contributed by atoms with Gasteiger partial charge in [0.2, 0.25) is 11.8 Å². The van der Waals surface area contributed by atoms with Crippen LogP contribution in [-0.2, 0) is 9.59 Å². The molecule has 0 aromatic carbocycles. The Hall–Kier alpha value is -1.93. The van der Waals surface area contributed by atoms with Gasteiger partial charge in [-0.3, -0.25) is 19.3 Å². The van der Waals surface area contributed by atoms with Crippen LogP contribution >= 0.6 is 11.3 Å². The number of thiophene rings is 1. The Kier molecular flexibility index (Phi) is 5.47. The maximum absolute atomic E-state index is 12.3. The summed E-state index contributed by atoms with van der Waals surface area (Å²) < 4.78 is 0. The fraction of sp³-hybridized carbons (Fsp3) is 0.562. The molecule has 0 saturated carbocycles. The number of carbonyl (C=O) groups excluding carboxylic acids is 3. The van der Waals surface area contributed by atoms with Crippen LogP contribution in [-0.4, -0.2) is 72.8 Å². The summed E-state index contributed by atoms with van der Waals surface area (Å²) in [6, 6.07) is 3.37. The molecular weight excluding hydrogens is 328 g/mol. The van der Waals surface area contributed by atoms with Crippen molar-refractivity contribution in [3.05, 3.63) is 22.4 Å². The monoisotopic (exact) mass is 350 g/mol. The number of hydrogen-bond donors (Lipinski definition) is 2. The van der Waals surface area contributed by atoms with Crippen LogP contribution in [0.15, 0.2) is 17.5 Å². The molecule has 2 aliphatic heterocycles. The maximum atomic E-state index is 12.3. The van der Waals surface area contributed by atoms with E-state index in [1.165, 1.54) is 11.3 Å². The maximum Gasteiger partial charge on any atom is 0.264 e. The first-order valence-electron chi connectivity index (χ1n) is 8.25. The van der Waals surface area contributed by atoms with Crippen molar-refractivity contribution >= 4 is 29.1 Å². The molecule has 0 aliphatic carbocycles. The third kappa shape index (κ3) is 4.12. The van der Waals surface area contributed by atoms with E-state index in [4.69, 9.17) is 0 Å². The smallest absolute Gasteiger partial charge is 0.264 e. The number of amides is 3. The van der Waals surface area contributed by atoms with Crippen molar-refractivity contribution in [3.8, 4) is 0 Å². The zero-order valence-electron chi connectivity index (χ0n) is 13.5. The highest BCUT2D eigenvalue weighted by Crippen LogP contribution is 2.13. The molecule has 1 unspecified atom stereocenters. The van der Waals surface area contributed by atoms with Crippen LogP contribution in [0.2, 0.25) is 0 Å². The summed E-state index contributed by atoms with van der Waals surface area (Å²) in [7, 11) is 0. The predicted octanol–water partition coefficient (Wildman–Crippen LogP) is -0.0993. The molecule has 0 bridgehead atoms. The first kappa shape index (κ1) is 16.9. The number of rotatable bonds is 5. The van der Waals surface area contributed by atoms with Gasteiger partial charge in [0.15, 0.2) is 0 Å². The van der Waals surface area contributed by atoms with Crippen LogP contribution < -0.4 is 10.6 Å². The number of piperazine rings is 1. The van der Waals surface area contributed by atoms with E-state index in [0.29, 0.717) is 32.5 Å². The van der Waals surface area contributed by atoms with Crippen LogP contribution in [0.5, 0.6) is 0 Å². The van der Waals surface area contributed by atoms with Crippen LogP contribution in [0.3, 0.4) is 0 Å². The molecular formula is C16H22N4O3S.